The van der Waals surface area contributed by atoms with Crippen molar-refractivity contribution in [2.75, 3.05) is 0 Å². The molecule has 0 unspecified atom stereocenters. The van der Waals surface area contributed by atoms with Crippen molar-refractivity contribution >= 4 is 16.7 Å². The zero-order valence-corrected chi connectivity index (χ0v) is 18.7. The van der Waals surface area contributed by atoms with E-state index in [0.717, 1.165) is 27.6 Å². The number of carbonyl (C=O) groups is 1. The highest BCUT2D eigenvalue weighted by atomic mass is 16.5. The average Bonchev–Trinajstić information content (AvgIpc) is 3.14. The van der Waals surface area contributed by atoms with Crippen molar-refractivity contribution in [3.8, 4) is 5.75 Å². The summed E-state index contributed by atoms with van der Waals surface area (Å²) < 4.78 is 8.25. The molecular weight excluding hydrogens is 382 g/mol. The van der Waals surface area contributed by atoms with E-state index in [2.05, 4.69) is 37.5 Å². The molecule has 0 saturated heterocycles. The Kier molecular flexibility index (Phi) is 5.94. The molecule has 0 spiro atoms. The number of hydrogen-bond acceptors (Lipinski definition) is 2. The summed E-state index contributed by atoms with van der Waals surface area (Å²) in [5.74, 6) is 1.08. The van der Waals surface area contributed by atoms with E-state index in [-0.39, 0.29) is 5.78 Å². The van der Waals surface area contributed by atoms with Crippen LogP contribution in [0.25, 0.3) is 10.9 Å². The summed E-state index contributed by atoms with van der Waals surface area (Å²) in [5.41, 5.74) is 6.23. The number of para-hydroxylation sites is 1. The number of rotatable bonds is 7. The Morgan fingerprint density at radius 1 is 1.00 bits per heavy atom. The molecular formula is C28H29NO2. The molecule has 0 amide bonds. The maximum Gasteiger partial charge on any atom is 0.171 e. The van der Waals surface area contributed by atoms with Crippen molar-refractivity contribution in [1.82, 2.24) is 4.57 Å². The molecule has 0 aliphatic carbocycles. The van der Waals surface area contributed by atoms with E-state index >= 15 is 0 Å². The topological polar surface area (TPSA) is 31.2 Å². The van der Waals surface area contributed by atoms with Gasteiger partial charge in [0.2, 0.25) is 0 Å². The number of ether oxygens (including phenoxy) is 1. The largest absolute Gasteiger partial charge is 0.488 e. The monoisotopic (exact) mass is 411 g/mol. The summed E-state index contributed by atoms with van der Waals surface area (Å²) >= 11 is 0. The minimum absolute atomic E-state index is 0.0821. The van der Waals surface area contributed by atoms with E-state index < -0.39 is 0 Å². The smallest absolute Gasteiger partial charge is 0.171 e. The van der Waals surface area contributed by atoms with Crippen LogP contribution in [0.3, 0.4) is 0 Å². The number of carbonyl (C=O) groups excluding carboxylic acids is 1. The van der Waals surface area contributed by atoms with Crippen molar-refractivity contribution in [2.24, 2.45) is 7.05 Å². The Morgan fingerprint density at radius 2 is 1.77 bits per heavy atom. The fraction of sp³-hybridized carbons (Fsp3) is 0.250. The summed E-state index contributed by atoms with van der Waals surface area (Å²) in [6.07, 6.45) is 2.38. The van der Waals surface area contributed by atoms with E-state index in [4.69, 9.17) is 4.74 Å². The molecule has 0 N–H and O–H groups in total. The fourth-order valence-electron chi connectivity index (χ4n) is 4.25. The van der Waals surface area contributed by atoms with Gasteiger partial charge < -0.3 is 9.30 Å². The Labute approximate surface area is 184 Å². The van der Waals surface area contributed by atoms with Crippen LogP contribution in [0.5, 0.6) is 5.75 Å². The lowest BCUT2D eigenvalue weighted by Crippen LogP contribution is -2.10. The maximum atomic E-state index is 13.5. The molecule has 158 valence electrons. The highest BCUT2D eigenvalue weighted by Crippen LogP contribution is 2.31. The van der Waals surface area contributed by atoms with E-state index in [9.17, 15) is 4.79 Å². The van der Waals surface area contributed by atoms with E-state index in [1.165, 1.54) is 5.56 Å². The van der Waals surface area contributed by atoms with Crippen LogP contribution in [0.4, 0.5) is 0 Å². The van der Waals surface area contributed by atoms with Gasteiger partial charge in [0, 0.05) is 19.7 Å². The molecule has 31 heavy (non-hydrogen) atoms. The number of fused-ring (bicyclic) bond motifs is 1. The molecule has 0 bridgehead atoms. The minimum Gasteiger partial charge on any atom is -0.488 e. The van der Waals surface area contributed by atoms with Gasteiger partial charge in [-0.2, -0.15) is 0 Å². The Morgan fingerprint density at radius 3 is 2.52 bits per heavy atom. The lowest BCUT2D eigenvalue weighted by molar-refractivity contribution is 0.0988. The second-order valence-electron chi connectivity index (χ2n) is 8.52. The van der Waals surface area contributed by atoms with Crippen LogP contribution in [-0.2, 0) is 20.1 Å². The quantitative estimate of drug-likeness (QED) is 0.320. The Bertz CT molecular complexity index is 1220. The molecule has 3 heteroatoms. The Balaban J connectivity index is 1.69. The van der Waals surface area contributed by atoms with Crippen molar-refractivity contribution in [2.45, 2.75) is 39.7 Å². The van der Waals surface area contributed by atoms with Crippen molar-refractivity contribution < 1.29 is 9.53 Å². The number of ketones is 1. The molecule has 1 heterocycles. The van der Waals surface area contributed by atoms with E-state index in [1.807, 2.05) is 67.8 Å². The normalized spacial score (nSPS) is 11.3. The molecule has 0 radical (unpaired) electrons. The van der Waals surface area contributed by atoms with Gasteiger partial charge >= 0.3 is 0 Å². The van der Waals surface area contributed by atoms with Crippen LogP contribution in [0.15, 0.2) is 72.9 Å². The van der Waals surface area contributed by atoms with Gasteiger partial charge in [-0.15, -0.1) is 0 Å². The van der Waals surface area contributed by atoms with Gasteiger partial charge in [0.1, 0.15) is 12.4 Å². The molecule has 3 aromatic carbocycles. The molecule has 0 saturated carbocycles. The van der Waals surface area contributed by atoms with Crippen molar-refractivity contribution in [3.63, 3.8) is 0 Å². The maximum absolute atomic E-state index is 13.5. The SMILES string of the molecule is Cc1cc(OCc2ccccc2)c(C(=O)Cc2cccc3ccn(C)c23)cc1C(C)C. The van der Waals surface area contributed by atoms with Crippen LogP contribution in [-0.4, -0.2) is 10.4 Å². The third kappa shape index (κ3) is 4.41. The number of hydrogen-bond donors (Lipinski definition) is 0. The lowest BCUT2D eigenvalue weighted by atomic mass is 9.92. The number of aromatic nitrogens is 1. The first-order valence-electron chi connectivity index (χ1n) is 10.8. The second kappa shape index (κ2) is 8.81. The standard InChI is InChI=1S/C28H29NO2/c1-19(2)24-17-25(27(15-20(24)3)31-18-21-9-6-5-7-10-21)26(30)16-23-12-8-11-22-13-14-29(4)28(22)23/h5-15,17,19H,16,18H2,1-4H3. The fourth-order valence-corrected chi connectivity index (χ4v) is 4.25. The molecule has 0 atom stereocenters. The Hall–Kier alpha value is -3.33. The molecule has 1 aromatic heterocycles. The molecule has 0 aliphatic heterocycles. The summed E-state index contributed by atoms with van der Waals surface area (Å²) in [6, 6.07) is 22.3. The van der Waals surface area contributed by atoms with E-state index in [1.54, 1.807) is 0 Å². The van der Waals surface area contributed by atoms with Gasteiger partial charge in [0.15, 0.2) is 5.78 Å². The molecule has 0 aliphatic rings. The molecule has 3 nitrogen and oxygen atoms in total. The molecule has 0 fully saturated rings. The first-order chi connectivity index (χ1) is 14.9. The summed E-state index contributed by atoms with van der Waals surface area (Å²) in [5, 5.41) is 1.15. The summed E-state index contributed by atoms with van der Waals surface area (Å²) in [4.78, 5) is 13.5. The van der Waals surface area contributed by atoms with Crippen LogP contribution in [0, 0.1) is 6.92 Å². The van der Waals surface area contributed by atoms with Crippen LogP contribution in [0.2, 0.25) is 0 Å². The van der Waals surface area contributed by atoms with Crippen molar-refractivity contribution in [3.05, 3.63) is 101 Å². The van der Waals surface area contributed by atoms with Crippen molar-refractivity contribution in [1.29, 1.82) is 0 Å². The predicted molar refractivity (Wildman–Crippen MR) is 127 cm³/mol. The first-order valence-corrected chi connectivity index (χ1v) is 10.8. The van der Waals surface area contributed by atoms with Gasteiger partial charge in [-0.25, -0.2) is 0 Å². The third-order valence-corrected chi connectivity index (χ3v) is 5.86. The second-order valence-corrected chi connectivity index (χ2v) is 8.52. The lowest BCUT2D eigenvalue weighted by Gasteiger charge is -2.17. The van der Waals surface area contributed by atoms with Gasteiger partial charge in [-0.05, 0) is 58.7 Å². The third-order valence-electron chi connectivity index (χ3n) is 5.86. The van der Waals surface area contributed by atoms with Crippen LogP contribution >= 0.6 is 0 Å². The highest BCUT2D eigenvalue weighted by molar-refractivity contribution is 6.02. The molecule has 4 rings (SSSR count). The van der Waals surface area contributed by atoms with Gasteiger partial charge in [0.25, 0.3) is 0 Å². The van der Waals surface area contributed by atoms with Crippen LogP contribution in [0.1, 0.15) is 52.4 Å². The average molecular weight is 412 g/mol. The number of nitrogens with zero attached hydrogens (tertiary/aromatic N) is 1. The number of aryl methyl sites for hydroxylation is 2. The predicted octanol–water partition coefficient (Wildman–Crippen LogP) is 6.61. The zero-order chi connectivity index (χ0) is 22.0. The number of Topliss-reactive ketones (excluding diaryl/α,β-unsaturated/α-hetero) is 1. The van der Waals surface area contributed by atoms with Crippen LogP contribution < -0.4 is 4.74 Å². The van der Waals surface area contributed by atoms with Gasteiger partial charge in [-0.1, -0.05) is 62.4 Å². The summed E-state index contributed by atoms with van der Waals surface area (Å²) in [6.45, 7) is 6.84. The minimum atomic E-state index is 0.0821. The van der Waals surface area contributed by atoms with Gasteiger partial charge in [0.05, 0.1) is 11.1 Å². The highest BCUT2D eigenvalue weighted by Gasteiger charge is 2.19. The van der Waals surface area contributed by atoms with Gasteiger partial charge in [-0.3, -0.25) is 4.79 Å². The summed E-state index contributed by atoms with van der Waals surface area (Å²) in [7, 11) is 2.02. The van der Waals surface area contributed by atoms with E-state index in [0.29, 0.717) is 30.3 Å². The number of benzene rings is 3. The molecule has 4 aromatic rings. The first kappa shape index (κ1) is 20.9. The zero-order valence-electron chi connectivity index (χ0n) is 18.7.